The van der Waals surface area contributed by atoms with Crippen molar-refractivity contribution in [3.8, 4) is 11.5 Å². The molecule has 1 aromatic rings. The molecule has 1 amide bonds. The van der Waals surface area contributed by atoms with Crippen LogP contribution in [0.3, 0.4) is 0 Å². The number of rotatable bonds is 4. The molecule has 0 unspecified atom stereocenters. The van der Waals surface area contributed by atoms with E-state index in [0.29, 0.717) is 33.9 Å². The van der Waals surface area contributed by atoms with Gasteiger partial charge in [-0.2, -0.15) is 0 Å². The van der Waals surface area contributed by atoms with E-state index in [2.05, 4.69) is 12.2 Å². The van der Waals surface area contributed by atoms with E-state index in [4.69, 9.17) is 33.3 Å². The summed E-state index contributed by atoms with van der Waals surface area (Å²) in [5.41, 5.74) is 1.20. The second kappa shape index (κ2) is 6.14. The van der Waals surface area contributed by atoms with E-state index in [9.17, 15) is 4.79 Å². The first-order valence-corrected chi connectivity index (χ1v) is 7.82. The molecule has 0 atom stereocenters. The number of halogens is 1. The topological polar surface area (TPSA) is 50.8 Å². The molecule has 0 aliphatic carbocycles. The van der Waals surface area contributed by atoms with E-state index >= 15 is 0 Å². The molecule has 5 nitrogen and oxygen atoms in total. The summed E-state index contributed by atoms with van der Waals surface area (Å²) in [5.74, 6) is 0.997. The summed E-state index contributed by atoms with van der Waals surface area (Å²) in [7, 11) is 0. The van der Waals surface area contributed by atoms with Gasteiger partial charge in [0.2, 0.25) is 6.79 Å². The molecule has 0 saturated carbocycles. The smallest absolute Gasteiger partial charge is 0.276 e. The molecular formula is C15H15ClN2O3S. The Balaban J connectivity index is 1.85. The maximum absolute atomic E-state index is 12.4. The van der Waals surface area contributed by atoms with Gasteiger partial charge in [-0.1, -0.05) is 24.9 Å². The molecule has 1 saturated heterocycles. The van der Waals surface area contributed by atoms with Gasteiger partial charge in [0.15, 0.2) is 16.6 Å². The molecule has 0 spiro atoms. The summed E-state index contributed by atoms with van der Waals surface area (Å²) in [4.78, 5) is 13.9. The van der Waals surface area contributed by atoms with Crippen LogP contribution in [0.2, 0.25) is 5.02 Å². The zero-order valence-corrected chi connectivity index (χ0v) is 13.6. The maximum Gasteiger partial charge on any atom is 0.276 e. The highest BCUT2D eigenvalue weighted by molar-refractivity contribution is 7.80. The number of nitrogens with one attached hydrogen (secondary N) is 1. The minimum absolute atomic E-state index is 0.118. The van der Waals surface area contributed by atoms with Crippen LogP contribution in [-0.4, -0.2) is 29.3 Å². The van der Waals surface area contributed by atoms with Crippen molar-refractivity contribution < 1.29 is 14.3 Å². The van der Waals surface area contributed by atoms with Crippen LogP contribution in [0, 0.1) is 0 Å². The Morgan fingerprint density at radius 1 is 1.45 bits per heavy atom. The largest absolute Gasteiger partial charge is 0.454 e. The molecular weight excluding hydrogens is 324 g/mol. The number of hydrogen-bond acceptors (Lipinski definition) is 4. The fourth-order valence-electron chi connectivity index (χ4n) is 2.33. The number of carbonyl (C=O) groups is 1. The molecule has 2 aliphatic heterocycles. The fourth-order valence-corrected chi connectivity index (χ4v) is 2.89. The average Bonchev–Trinajstić information content (AvgIpc) is 3.04. The summed E-state index contributed by atoms with van der Waals surface area (Å²) < 4.78 is 10.6. The standard InChI is InChI=1S/C15H15ClN2O3S/c1-2-3-4-18-14(19)11(17-15(18)22)6-9-5-10(16)13-12(7-9)20-8-21-13/h5-7H,2-4,8H2,1H3,(H,17,22)/b11-6+. The third kappa shape index (κ3) is 2.76. The highest BCUT2D eigenvalue weighted by Crippen LogP contribution is 2.40. The molecule has 0 bridgehead atoms. The summed E-state index contributed by atoms with van der Waals surface area (Å²) >= 11 is 11.4. The van der Waals surface area contributed by atoms with Crippen molar-refractivity contribution in [2.45, 2.75) is 19.8 Å². The lowest BCUT2D eigenvalue weighted by Gasteiger charge is -2.12. The average molecular weight is 339 g/mol. The van der Waals surface area contributed by atoms with Crippen LogP contribution in [0.15, 0.2) is 17.8 Å². The predicted octanol–water partition coefficient (Wildman–Crippen LogP) is 2.93. The van der Waals surface area contributed by atoms with Gasteiger partial charge < -0.3 is 14.8 Å². The highest BCUT2D eigenvalue weighted by atomic mass is 35.5. The van der Waals surface area contributed by atoms with Crippen LogP contribution >= 0.6 is 23.8 Å². The molecule has 116 valence electrons. The Hall–Kier alpha value is -1.79. The lowest BCUT2D eigenvalue weighted by molar-refractivity contribution is -0.122. The van der Waals surface area contributed by atoms with Crippen LogP contribution in [0.5, 0.6) is 11.5 Å². The van der Waals surface area contributed by atoms with Crippen molar-refractivity contribution in [3.63, 3.8) is 0 Å². The Morgan fingerprint density at radius 3 is 3.05 bits per heavy atom. The lowest BCUT2D eigenvalue weighted by atomic mass is 10.1. The number of unbranched alkanes of at least 4 members (excludes halogenated alkanes) is 1. The van der Waals surface area contributed by atoms with Gasteiger partial charge >= 0.3 is 0 Å². The van der Waals surface area contributed by atoms with Gasteiger partial charge in [-0.15, -0.1) is 0 Å². The molecule has 3 rings (SSSR count). The van der Waals surface area contributed by atoms with Crippen molar-refractivity contribution in [1.29, 1.82) is 0 Å². The van der Waals surface area contributed by atoms with Gasteiger partial charge in [0.25, 0.3) is 5.91 Å². The molecule has 7 heteroatoms. The fraction of sp³-hybridized carbons (Fsp3) is 0.333. The van der Waals surface area contributed by atoms with Gasteiger partial charge in [0, 0.05) is 6.54 Å². The highest BCUT2D eigenvalue weighted by Gasteiger charge is 2.30. The Bertz CT molecular complexity index is 675. The van der Waals surface area contributed by atoms with Crippen molar-refractivity contribution in [2.75, 3.05) is 13.3 Å². The normalized spacial score (nSPS) is 18.3. The molecule has 1 fully saturated rings. The van der Waals surface area contributed by atoms with Crippen molar-refractivity contribution in [2.24, 2.45) is 0 Å². The molecule has 2 aliphatic rings. The number of hydrogen-bond donors (Lipinski definition) is 1. The third-order valence-corrected chi connectivity index (χ3v) is 4.06. The molecule has 1 aromatic carbocycles. The SMILES string of the molecule is CCCCN1C(=O)/C(=C\c2cc(Cl)c3c(c2)OCO3)NC1=S. The van der Waals surface area contributed by atoms with E-state index in [-0.39, 0.29) is 12.7 Å². The number of thiocarbonyl (C=S) groups is 1. The first kappa shape index (κ1) is 15.1. The quantitative estimate of drug-likeness (QED) is 0.675. The second-order valence-corrected chi connectivity index (χ2v) is 5.83. The van der Waals surface area contributed by atoms with Gasteiger partial charge in [-0.3, -0.25) is 9.69 Å². The molecule has 1 N–H and O–H groups in total. The number of fused-ring (bicyclic) bond motifs is 1. The van der Waals surface area contributed by atoms with Crippen LogP contribution < -0.4 is 14.8 Å². The van der Waals surface area contributed by atoms with E-state index in [1.165, 1.54) is 0 Å². The summed E-state index contributed by atoms with van der Waals surface area (Å²) in [6, 6.07) is 3.52. The number of amides is 1. The second-order valence-electron chi connectivity index (χ2n) is 5.04. The molecule has 0 radical (unpaired) electrons. The van der Waals surface area contributed by atoms with E-state index in [1.54, 1.807) is 23.1 Å². The van der Waals surface area contributed by atoms with Crippen molar-refractivity contribution >= 4 is 40.9 Å². The molecule has 22 heavy (non-hydrogen) atoms. The molecule has 0 aromatic heterocycles. The van der Waals surface area contributed by atoms with Gasteiger partial charge in [-0.05, 0) is 42.4 Å². The Morgan fingerprint density at radius 2 is 2.27 bits per heavy atom. The van der Waals surface area contributed by atoms with Crippen molar-refractivity contribution in [3.05, 3.63) is 28.4 Å². The van der Waals surface area contributed by atoms with Crippen molar-refractivity contribution in [1.82, 2.24) is 10.2 Å². The van der Waals surface area contributed by atoms with Gasteiger partial charge in [0.1, 0.15) is 5.70 Å². The van der Waals surface area contributed by atoms with Gasteiger partial charge in [-0.25, -0.2) is 0 Å². The van der Waals surface area contributed by atoms with Crippen LogP contribution in [-0.2, 0) is 4.79 Å². The lowest BCUT2D eigenvalue weighted by Crippen LogP contribution is -2.31. The first-order chi connectivity index (χ1) is 10.6. The van der Waals surface area contributed by atoms with Gasteiger partial charge in [0.05, 0.1) is 5.02 Å². The van der Waals surface area contributed by atoms with E-state index < -0.39 is 0 Å². The Kier molecular flexibility index (Phi) is 4.22. The van der Waals surface area contributed by atoms with E-state index in [1.807, 2.05) is 0 Å². The molecule has 2 heterocycles. The van der Waals surface area contributed by atoms with Crippen LogP contribution in [0.4, 0.5) is 0 Å². The van der Waals surface area contributed by atoms with E-state index in [0.717, 1.165) is 18.4 Å². The third-order valence-electron chi connectivity index (χ3n) is 3.46. The number of carbonyl (C=O) groups excluding carboxylic acids is 1. The Labute approximate surface area is 138 Å². The summed E-state index contributed by atoms with van der Waals surface area (Å²) in [6.07, 6.45) is 3.63. The minimum atomic E-state index is -0.118. The van der Waals surface area contributed by atoms with Crippen LogP contribution in [0.25, 0.3) is 6.08 Å². The number of nitrogens with zero attached hydrogens (tertiary/aromatic N) is 1. The summed E-state index contributed by atoms with van der Waals surface area (Å²) in [6.45, 7) is 2.85. The monoisotopic (exact) mass is 338 g/mol. The zero-order chi connectivity index (χ0) is 15.7. The summed E-state index contributed by atoms with van der Waals surface area (Å²) in [5, 5.41) is 3.85. The number of ether oxygens (including phenoxy) is 2. The van der Waals surface area contributed by atoms with Crippen LogP contribution in [0.1, 0.15) is 25.3 Å². The first-order valence-electron chi connectivity index (χ1n) is 7.04. The number of benzene rings is 1. The zero-order valence-electron chi connectivity index (χ0n) is 12.0. The predicted molar refractivity (Wildman–Crippen MR) is 87.9 cm³/mol. The maximum atomic E-state index is 12.4. The minimum Gasteiger partial charge on any atom is -0.454 e.